The van der Waals surface area contributed by atoms with Crippen LogP contribution in [0.3, 0.4) is 0 Å². The number of amides is 3. The van der Waals surface area contributed by atoms with Gasteiger partial charge in [0.15, 0.2) is 23.1 Å². The van der Waals surface area contributed by atoms with E-state index in [0.717, 1.165) is 30.5 Å². The molecule has 206 valence electrons. The maximum atomic E-state index is 13.6. The number of halogens is 2. The number of urea groups is 1. The van der Waals surface area contributed by atoms with Gasteiger partial charge in [-0.25, -0.2) is 13.6 Å². The summed E-state index contributed by atoms with van der Waals surface area (Å²) in [5.41, 5.74) is 0.952. The zero-order chi connectivity index (χ0) is 27.4. The molecule has 3 amide bonds. The molecule has 2 aromatic carbocycles. The fourth-order valence-electron chi connectivity index (χ4n) is 5.78. The number of methoxy groups -OCH3 is 2. The van der Waals surface area contributed by atoms with E-state index in [2.05, 4.69) is 16.0 Å². The van der Waals surface area contributed by atoms with Crippen LogP contribution in [0.25, 0.3) is 0 Å². The van der Waals surface area contributed by atoms with Gasteiger partial charge in [-0.2, -0.15) is 0 Å². The van der Waals surface area contributed by atoms with Crippen LogP contribution < -0.4 is 25.4 Å². The molecule has 1 saturated heterocycles. The SMILES string of the molecule is COc1ccc([C@@]23CC[C@H](NC(=O)Nc4ccc(F)c(F)c4)C[C@H]2N(C(=O)CNC(C)C)CC3)cc1OC. The fourth-order valence-corrected chi connectivity index (χ4v) is 5.78. The Kier molecular flexibility index (Phi) is 8.40. The van der Waals surface area contributed by atoms with Crippen LogP contribution in [0, 0.1) is 11.6 Å². The van der Waals surface area contributed by atoms with E-state index in [4.69, 9.17) is 9.47 Å². The molecule has 1 heterocycles. The Morgan fingerprint density at radius 2 is 1.82 bits per heavy atom. The van der Waals surface area contributed by atoms with Crippen LogP contribution >= 0.6 is 0 Å². The Balaban J connectivity index is 1.55. The third-order valence-electron chi connectivity index (χ3n) is 7.71. The van der Waals surface area contributed by atoms with Crippen molar-refractivity contribution >= 4 is 17.6 Å². The second-order valence-electron chi connectivity index (χ2n) is 10.3. The van der Waals surface area contributed by atoms with Crippen molar-refractivity contribution in [3.8, 4) is 11.5 Å². The van der Waals surface area contributed by atoms with Crippen LogP contribution in [0.4, 0.5) is 19.3 Å². The van der Waals surface area contributed by atoms with Crippen LogP contribution in [0.15, 0.2) is 36.4 Å². The van der Waals surface area contributed by atoms with E-state index in [1.54, 1.807) is 14.2 Å². The average Bonchev–Trinajstić information content (AvgIpc) is 3.29. The van der Waals surface area contributed by atoms with E-state index >= 15 is 0 Å². The van der Waals surface area contributed by atoms with Crippen LogP contribution in [0.2, 0.25) is 0 Å². The summed E-state index contributed by atoms with van der Waals surface area (Å²) in [5, 5.41) is 8.76. The molecule has 38 heavy (non-hydrogen) atoms. The van der Waals surface area contributed by atoms with E-state index < -0.39 is 17.7 Å². The highest BCUT2D eigenvalue weighted by Crippen LogP contribution is 2.50. The van der Waals surface area contributed by atoms with Gasteiger partial charge in [-0.1, -0.05) is 19.9 Å². The van der Waals surface area contributed by atoms with Gasteiger partial charge in [-0.3, -0.25) is 4.79 Å². The highest BCUT2D eigenvalue weighted by molar-refractivity contribution is 5.89. The van der Waals surface area contributed by atoms with Gasteiger partial charge < -0.3 is 30.3 Å². The molecule has 2 aromatic rings. The Hall–Kier alpha value is -3.40. The van der Waals surface area contributed by atoms with Gasteiger partial charge in [0.2, 0.25) is 5.91 Å². The van der Waals surface area contributed by atoms with Crippen LogP contribution in [-0.4, -0.2) is 62.3 Å². The number of rotatable bonds is 8. The average molecular weight is 531 g/mol. The van der Waals surface area contributed by atoms with Crippen molar-refractivity contribution in [3.63, 3.8) is 0 Å². The monoisotopic (exact) mass is 530 g/mol. The van der Waals surface area contributed by atoms with E-state index in [9.17, 15) is 18.4 Å². The minimum atomic E-state index is -1.03. The van der Waals surface area contributed by atoms with Gasteiger partial charge in [0, 0.05) is 41.8 Å². The molecule has 4 rings (SSSR count). The summed E-state index contributed by atoms with van der Waals surface area (Å²) in [6, 6.07) is 8.48. The molecule has 0 radical (unpaired) electrons. The number of hydrogen-bond acceptors (Lipinski definition) is 5. The molecule has 1 aliphatic heterocycles. The summed E-state index contributed by atoms with van der Waals surface area (Å²) in [7, 11) is 3.20. The molecule has 0 spiro atoms. The number of fused-ring (bicyclic) bond motifs is 1. The third-order valence-corrected chi connectivity index (χ3v) is 7.71. The normalized spacial score (nSPS) is 22.7. The molecule has 3 N–H and O–H groups in total. The number of nitrogens with one attached hydrogen (secondary N) is 3. The predicted octanol–water partition coefficient (Wildman–Crippen LogP) is 4.19. The minimum Gasteiger partial charge on any atom is -0.493 e. The number of hydrogen-bond donors (Lipinski definition) is 3. The first-order chi connectivity index (χ1) is 18.2. The third kappa shape index (κ3) is 5.70. The summed E-state index contributed by atoms with van der Waals surface area (Å²) in [6.45, 7) is 4.85. The summed E-state index contributed by atoms with van der Waals surface area (Å²) in [6.07, 6.45) is 2.81. The Morgan fingerprint density at radius 1 is 1.05 bits per heavy atom. The predicted molar refractivity (Wildman–Crippen MR) is 141 cm³/mol. The van der Waals surface area contributed by atoms with Crippen molar-refractivity contribution < 1.29 is 27.8 Å². The second-order valence-corrected chi connectivity index (χ2v) is 10.3. The minimum absolute atomic E-state index is 0.0259. The van der Waals surface area contributed by atoms with Gasteiger partial charge in [0.1, 0.15) is 0 Å². The Bertz CT molecular complexity index is 1180. The second kappa shape index (κ2) is 11.6. The lowest BCUT2D eigenvalue weighted by atomic mass is 9.65. The van der Waals surface area contributed by atoms with Gasteiger partial charge in [0.05, 0.1) is 20.8 Å². The van der Waals surface area contributed by atoms with Crippen molar-refractivity contribution in [2.45, 2.75) is 63.1 Å². The highest BCUT2D eigenvalue weighted by atomic mass is 19.2. The number of nitrogens with zero attached hydrogens (tertiary/aromatic N) is 1. The van der Waals surface area contributed by atoms with Crippen LogP contribution in [0.5, 0.6) is 11.5 Å². The number of benzene rings is 2. The lowest BCUT2D eigenvalue weighted by Crippen LogP contribution is -2.55. The zero-order valence-corrected chi connectivity index (χ0v) is 22.3. The summed E-state index contributed by atoms with van der Waals surface area (Å²) >= 11 is 0. The molecule has 1 saturated carbocycles. The molecular weight excluding hydrogens is 494 g/mol. The van der Waals surface area contributed by atoms with Crippen molar-refractivity contribution in [1.82, 2.24) is 15.5 Å². The number of carbonyl (C=O) groups is 2. The summed E-state index contributed by atoms with van der Waals surface area (Å²) in [5.74, 6) is -0.711. The smallest absolute Gasteiger partial charge is 0.319 e. The topological polar surface area (TPSA) is 91.9 Å². The molecule has 2 aliphatic rings. The largest absolute Gasteiger partial charge is 0.493 e. The molecule has 3 atom stereocenters. The molecule has 8 nitrogen and oxygen atoms in total. The van der Waals surface area contributed by atoms with Crippen molar-refractivity contribution in [3.05, 3.63) is 53.6 Å². The van der Waals surface area contributed by atoms with Crippen molar-refractivity contribution in [2.24, 2.45) is 0 Å². The van der Waals surface area contributed by atoms with Crippen LogP contribution in [-0.2, 0) is 10.2 Å². The zero-order valence-electron chi connectivity index (χ0n) is 22.3. The summed E-state index contributed by atoms with van der Waals surface area (Å²) in [4.78, 5) is 27.9. The Labute approximate surface area is 222 Å². The van der Waals surface area contributed by atoms with Gasteiger partial charge >= 0.3 is 6.03 Å². The van der Waals surface area contributed by atoms with E-state index in [1.807, 2.05) is 36.9 Å². The molecule has 1 aliphatic carbocycles. The molecular formula is C28H36F2N4O4. The lowest BCUT2D eigenvalue weighted by molar-refractivity contribution is -0.132. The Morgan fingerprint density at radius 3 is 2.50 bits per heavy atom. The molecule has 0 unspecified atom stereocenters. The maximum Gasteiger partial charge on any atom is 0.319 e. The first kappa shape index (κ1) is 27.6. The van der Waals surface area contributed by atoms with Gasteiger partial charge in [-0.15, -0.1) is 0 Å². The lowest BCUT2D eigenvalue weighted by Gasteiger charge is -2.45. The van der Waals surface area contributed by atoms with Crippen molar-refractivity contribution in [1.29, 1.82) is 0 Å². The number of ether oxygens (including phenoxy) is 2. The number of likely N-dealkylation sites (tertiary alicyclic amines) is 1. The number of anilines is 1. The van der Waals surface area contributed by atoms with Gasteiger partial charge in [0.25, 0.3) is 0 Å². The first-order valence-electron chi connectivity index (χ1n) is 12.9. The fraction of sp³-hybridized carbons (Fsp3) is 0.500. The van der Waals surface area contributed by atoms with Crippen LogP contribution in [0.1, 0.15) is 45.1 Å². The molecule has 2 fully saturated rings. The molecule has 0 bridgehead atoms. The summed E-state index contributed by atoms with van der Waals surface area (Å²) < 4.78 is 37.8. The molecule has 0 aromatic heterocycles. The first-order valence-corrected chi connectivity index (χ1v) is 12.9. The maximum absolute atomic E-state index is 13.6. The highest BCUT2D eigenvalue weighted by Gasteiger charge is 2.53. The standard InChI is InChI=1S/C28H36F2N4O4/c1-17(2)31-16-26(35)34-12-11-28(18-5-8-23(37-3)24(13-18)38-4)10-9-20(15-25(28)34)33-27(36)32-19-6-7-21(29)22(30)14-19/h5-8,13-14,17,20,25,31H,9-12,15-16H2,1-4H3,(H2,32,33,36)/t20-,25+,28-/m0/s1. The quantitative estimate of drug-likeness (QED) is 0.476. The van der Waals surface area contributed by atoms with E-state index in [-0.39, 0.29) is 41.7 Å². The number of carbonyl (C=O) groups excluding carboxylic acids is 2. The van der Waals surface area contributed by atoms with E-state index in [1.165, 1.54) is 6.07 Å². The van der Waals surface area contributed by atoms with Crippen molar-refractivity contribution in [2.75, 3.05) is 32.6 Å². The molecule has 10 heteroatoms. The van der Waals surface area contributed by atoms with Gasteiger partial charge in [-0.05, 0) is 55.5 Å². The van der Waals surface area contributed by atoms with E-state index in [0.29, 0.717) is 30.9 Å².